The minimum atomic E-state index is -0.451. The highest BCUT2D eigenvalue weighted by molar-refractivity contribution is 5.96. The van der Waals surface area contributed by atoms with E-state index in [2.05, 4.69) is 5.32 Å². The molecule has 0 fully saturated rings. The molecule has 0 saturated carbocycles. The fourth-order valence-corrected chi connectivity index (χ4v) is 1.93. The minimum Gasteiger partial charge on any atom is -0.495 e. The van der Waals surface area contributed by atoms with E-state index in [9.17, 15) is 4.79 Å². The van der Waals surface area contributed by atoms with Crippen molar-refractivity contribution in [2.45, 2.75) is 20.8 Å². The summed E-state index contributed by atoms with van der Waals surface area (Å²) in [7, 11) is 1.60. The fourth-order valence-electron chi connectivity index (χ4n) is 1.93. The average molecular weight is 283 g/mol. The van der Waals surface area contributed by atoms with Crippen LogP contribution in [0, 0.1) is 5.41 Å². The number of nitrogens with one attached hydrogen (secondary N) is 1. The van der Waals surface area contributed by atoms with Gasteiger partial charge in [-0.05, 0) is 23.3 Å². The largest absolute Gasteiger partial charge is 0.495 e. The first-order valence-corrected chi connectivity index (χ1v) is 6.97. The van der Waals surface area contributed by atoms with E-state index in [1.807, 2.05) is 69.3 Å². The maximum atomic E-state index is 12.2. The topological polar surface area (TPSA) is 38.3 Å². The van der Waals surface area contributed by atoms with Gasteiger partial charge in [0, 0.05) is 5.41 Å². The minimum absolute atomic E-state index is 0.0361. The molecule has 0 atom stereocenters. The van der Waals surface area contributed by atoms with E-state index in [0.717, 1.165) is 11.1 Å². The summed E-state index contributed by atoms with van der Waals surface area (Å²) in [5, 5.41) is 2.95. The molecule has 2 aromatic rings. The van der Waals surface area contributed by atoms with E-state index in [0.29, 0.717) is 11.4 Å². The van der Waals surface area contributed by atoms with Crippen LogP contribution in [0.4, 0.5) is 5.69 Å². The monoisotopic (exact) mass is 283 g/mol. The van der Waals surface area contributed by atoms with Gasteiger partial charge in [-0.2, -0.15) is 0 Å². The fraction of sp³-hybridized carbons (Fsp3) is 0.278. The maximum Gasteiger partial charge on any atom is 0.229 e. The molecule has 0 spiro atoms. The van der Waals surface area contributed by atoms with E-state index >= 15 is 0 Å². The normalized spacial score (nSPS) is 11.0. The van der Waals surface area contributed by atoms with Crippen LogP contribution in [0.2, 0.25) is 0 Å². The van der Waals surface area contributed by atoms with Gasteiger partial charge in [0.05, 0.1) is 12.8 Å². The molecule has 0 aliphatic carbocycles. The Morgan fingerprint density at radius 1 is 1.00 bits per heavy atom. The lowest BCUT2D eigenvalue weighted by atomic mass is 9.95. The number of anilines is 1. The molecular formula is C18H21NO2. The Hall–Kier alpha value is -2.29. The molecule has 3 nitrogen and oxygen atoms in total. The molecule has 0 aliphatic heterocycles. The molecule has 2 aromatic carbocycles. The van der Waals surface area contributed by atoms with Gasteiger partial charge in [-0.3, -0.25) is 4.79 Å². The number of benzene rings is 2. The van der Waals surface area contributed by atoms with Crippen LogP contribution in [0.5, 0.6) is 5.75 Å². The van der Waals surface area contributed by atoms with Crippen molar-refractivity contribution in [1.82, 2.24) is 0 Å². The lowest BCUT2D eigenvalue weighted by Gasteiger charge is -2.19. The summed E-state index contributed by atoms with van der Waals surface area (Å²) in [6, 6.07) is 15.9. The molecule has 2 rings (SSSR count). The second-order valence-corrected chi connectivity index (χ2v) is 5.99. The Morgan fingerprint density at radius 2 is 1.67 bits per heavy atom. The van der Waals surface area contributed by atoms with E-state index in [1.54, 1.807) is 7.11 Å². The first-order chi connectivity index (χ1) is 9.91. The predicted molar refractivity (Wildman–Crippen MR) is 86.5 cm³/mol. The highest BCUT2D eigenvalue weighted by Gasteiger charge is 2.22. The number of rotatable bonds is 3. The smallest absolute Gasteiger partial charge is 0.229 e. The van der Waals surface area contributed by atoms with E-state index in [4.69, 9.17) is 4.74 Å². The van der Waals surface area contributed by atoms with Gasteiger partial charge in [-0.1, -0.05) is 57.2 Å². The van der Waals surface area contributed by atoms with Gasteiger partial charge in [-0.25, -0.2) is 0 Å². The van der Waals surface area contributed by atoms with Crippen molar-refractivity contribution < 1.29 is 9.53 Å². The van der Waals surface area contributed by atoms with Gasteiger partial charge >= 0.3 is 0 Å². The van der Waals surface area contributed by atoms with Crippen LogP contribution in [0.25, 0.3) is 11.1 Å². The molecule has 3 heteroatoms. The Kier molecular flexibility index (Phi) is 4.32. The summed E-state index contributed by atoms with van der Waals surface area (Å²) in [5.74, 6) is 0.623. The summed E-state index contributed by atoms with van der Waals surface area (Å²) in [6.07, 6.45) is 0. The standard InChI is InChI=1S/C18H21NO2/c1-18(2,3)17(20)19-15-12-14(10-11-16(15)21-4)13-8-6-5-7-9-13/h5-12H,1-4H3,(H,19,20). The predicted octanol–water partition coefficient (Wildman–Crippen LogP) is 4.35. The summed E-state index contributed by atoms with van der Waals surface area (Å²) >= 11 is 0. The highest BCUT2D eigenvalue weighted by Crippen LogP contribution is 2.31. The highest BCUT2D eigenvalue weighted by atomic mass is 16.5. The third kappa shape index (κ3) is 3.63. The number of ether oxygens (including phenoxy) is 1. The first-order valence-electron chi connectivity index (χ1n) is 6.97. The first kappa shape index (κ1) is 15.1. The van der Waals surface area contributed by atoms with Crippen molar-refractivity contribution in [1.29, 1.82) is 0 Å². The van der Waals surface area contributed by atoms with Crippen molar-refractivity contribution in [3.05, 3.63) is 48.5 Å². The Morgan fingerprint density at radius 3 is 2.24 bits per heavy atom. The van der Waals surface area contributed by atoms with Crippen molar-refractivity contribution in [3.8, 4) is 16.9 Å². The molecule has 21 heavy (non-hydrogen) atoms. The van der Waals surface area contributed by atoms with E-state index in [1.165, 1.54) is 0 Å². The molecule has 0 bridgehead atoms. The van der Waals surface area contributed by atoms with Gasteiger partial charge in [-0.15, -0.1) is 0 Å². The Balaban J connectivity index is 2.37. The summed E-state index contributed by atoms with van der Waals surface area (Å²) in [6.45, 7) is 5.65. The van der Waals surface area contributed by atoms with Crippen LogP contribution in [-0.2, 0) is 4.79 Å². The van der Waals surface area contributed by atoms with Crippen molar-refractivity contribution in [2.24, 2.45) is 5.41 Å². The van der Waals surface area contributed by atoms with Crippen LogP contribution in [0.1, 0.15) is 20.8 Å². The Labute approximate surface area is 126 Å². The third-order valence-corrected chi connectivity index (χ3v) is 3.24. The number of hydrogen-bond acceptors (Lipinski definition) is 2. The summed E-state index contributed by atoms with van der Waals surface area (Å²) in [4.78, 5) is 12.2. The van der Waals surface area contributed by atoms with Gasteiger partial charge < -0.3 is 10.1 Å². The third-order valence-electron chi connectivity index (χ3n) is 3.24. The van der Waals surface area contributed by atoms with Crippen LogP contribution in [0.3, 0.4) is 0 Å². The Bertz CT molecular complexity index is 627. The quantitative estimate of drug-likeness (QED) is 0.909. The summed E-state index contributed by atoms with van der Waals surface area (Å²) < 4.78 is 5.34. The summed E-state index contributed by atoms with van der Waals surface area (Å²) in [5.41, 5.74) is 2.39. The molecule has 0 unspecified atom stereocenters. The number of amides is 1. The number of carbonyl (C=O) groups excluding carboxylic acids is 1. The maximum absolute atomic E-state index is 12.2. The lowest BCUT2D eigenvalue weighted by Crippen LogP contribution is -2.27. The second-order valence-electron chi connectivity index (χ2n) is 5.99. The van der Waals surface area contributed by atoms with Crippen molar-refractivity contribution in [3.63, 3.8) is 0 Å². The molecule has 0 heterocycles. The van der Waals surface area contributed by atoms with Gasteiger partial charge in [0.25, 0.3) is 0 Å². The van der Waals surface area contributed by atoms with Crippen LogP contribution < -0.4 is 10.1 Å². The zero-order valence-corrected chi connectivity index (χ0v) is 12.9. The molecule has 110 valence electrons. The van der Waals surface area contributed by atoms with Gasteiger partial charge in [0.1, 0.15) is 5.75 Å². The SMILES string of the molecule is COc1ccc(-c2ccccc2)cc1NC(=O)C(C)(C)C. The van der Waals surface area contributed by atoms with Crippen LogP contribution in [0.15, 0.2) is 48.5 Å². The zero-order chi connectivity index (χ0) is 15.5. The van der Waals surface area contributed by atoms with Crippen LogP contribution in [-0.4, -0.2) is 13.0 Å². The van der Waals surface area contributed by atoms with Crippen molar-refractivity contribution >= 4 is 11.6 Å². The molecule has 0 saturated heterocycles. The van der Waals surface area contributed by atoms with E-state index < -0.39 is 5.41 Å². The zero-order valence-electron chi connectivity index (χ0n) is 12.9. The van der Waals surface area contributed by atoms with Crippen molar-refractivity contribution in [2.75, 3.05) is 12.4 Å². The number of carbonyl (C=O) groups is 1. The van der Waals surface area contributed by atoms with Gasteiger partial charge in [0.2, 0.25) is 5.91 Å². The molecule has 0 aliphatic rings. The molecule has 1 N–H and O–H groups in total. The van der Waals surface area contributed by atoms with E-state index in [-0.39, 0.29) is 5.91 Å². The average Bonchev–Trinajstić information content (AvgIpc) is 2.47. The molecule has 1 amide bonds. The molecular weight excluding hydrogens is 262 g/mol. The lowest BCUT2D eigenvalue weighted by molar-refractivity contribution is -0.123. The number of methoxy groups -OCH3 is 1. The molecule has 0 radical (unpaired) electrons. The number of hydrogen-bond donors (Lipinski definition) is 1. The second kappa shape index (κ2) is 6.00. The van der Waals surface area contributed by atoms with Crippen LogP contribution >= 0.6 is 0 Å². The van der Waals surface area contributed by atoms with Gasteiger partial charge in [0.15, 0.2) is 0 Å². The molecule has 0 aromatic heterocycles.